The third-order valence-electron chi connectivity index (χ3n) is 5.34. The molecular formula is C21H24N4OS2. The van der Waals surface area contributed by atoms with Crippen LogP contribution in [0.2, 0.25) is 0 Å². The van der Waals surface area contributed by atoms with Crippen molar-refractivity contribution in [2.75, 3.05) is 18.8 Å². The number of aryl methyl sites for hydroxylation is 1. The molecule has 3 heterocycles. The van der Waals surface area contributed by atoms with Crippen LogP contribution in [0.25, 0.3) is 5.69 Å². The van der Waals surface area contributed by atoms with Crippen LogP contribution in [0.5, 0.6) is 0 Å². The lowest BCUT2D eigenvalue weighted by molar-refractivity contribution is -0.129. The molecule has 146 valence electrons. The van der Waals surface area contributed by atoms with E-state index in [0.29, 0.717) is 11.7 Å². The van der Waals surface area contributed by atoms with Crippen LogP contribution in [0.15, 0.2) is 47.3 Å². The number of piperidine rings is 1. The Kier molecular flexibility index (Phi) is 5.82. The van der Waals surface area contributed by atoms with Crippen LogP contribution in [0.4, 0.5) is 0 Å². The molecule has 28 heavy (non-hydrogen) atoms. The number of carbonyl (C=O) groups is 1. The second kappa shape index (κ2) is 8.49. The molecule has 0 N–H and O–H groups in total. The molecule has 0 spiro atoms. The highest BCUT2D eigenvalue weighted by Gasteiger charge is 2.26. The highest BCUT2D eigenvalue weighted by Crippen LogP contribution is 2.29. The van der Waals surface area contributed by atoms with Crippen molar-refractivity contribution >= 4 is 29.0 Å². The summed E-state index contributed by atoms with van der Waals surface area (Å²) in [5.74, 6) is 0.966. The van der Waals surface area contributed by atoms with Crippen LogP contribution in [-0.2, 0) is 4.79 Å². The van der Waals surface area contributed by atoms with Gasteiger partial charge in [-0.25, -0.2) is 9.97 Å². The highest BCUT2D eigenvalue weighted by atomic mass is 32.2. The zero-order valence-electron chi connectivity index (χ0n) is 16.2. The van der Waals surface area contributed by atoms with Crippen molar-refractivity contribution in [2.45, 2.75) is 37.8 Å². The molecule has 1 saturated heterocycles. The van der Waals surface area contributed by atoms with Crippen LogP contribution in [0.1, 0.15) is 34.9 Å². The Bertz CT molecular complexity index is 951. The monoisotopic (exact) mass is 412 g/mol. The van der Waals surface area contributed by atoms with Gasteiger partial charge in [0.15, 0.2) is 5.16 Å². The number of thiazole rings is 1. The van der Waals surface area contributed by atoms with Crippen molar-refractivity contribution in [3.8, 4) is 5.69 Å². The van der Waals surface area contributed by atoms with Crippen molar-refractivity contribution in [1.29, 1.82) is 0 Å². The van der Waals surface area contributed by atoms with Gasteiger partial charge in [-0.2, -0.15) is 0 Å². The third kappa shape index (κ3) is 4.00. The van der Waals surface area contributed by atoms with Crippen LogP contribution in [-0.4, -0.2) is 44.2 Å². The van der Waals surface area contributed by atoms with E-state index in [2.05, 4.69) is 46.6 Å². The normalized spacial score (nSPS) is 17.1. The molecule has 1 aromatic carbocycles. The Labute approximate surface area is 173 Å². The first-order chi connectivity index (χ1) is 13.6. The van der Waals surface area contributed by atoms with Crippen LogP contribution < -0.4 is 0 Å². The first-order valence-electron chi connectivity index (χ1n) is 9.53. The van der Waals surface area contributed by atoms with E-state index < -0.39 is 0 Å². The molecule has 7 heteroatoms. The zero-order valence-corrected chi connectivity index (χ0v) is 17.8. The lowest BCUT2D eigenvalue weighted by Crippen LogP contribution is -2.40. The number of rotatable bonds is 5. The average Bonchev–Trinajstić information content (AvgIpc) is 3.40. The minimum atomic E-state index is 0.182. The smallest absolute Gasteiger partial charge is 0.233 e. The van der Waals surface area contributed by atoms with Crippen molar-refractivity contribution in [1.82, 2.24) is 19.4 Å². The average molecular weight is 413 g/mol. The van der Waals surface area contributed by atoms with E-state index in [-0.39, 0.29) is 5.91 Å². The lowest BCUT2D eigenvalue weighted by Gasteiger charge is -2.31. The Morgan fingerprint density at radius 3 is 3.00 bits per heavy atom. The molecule has 2 aromatic heterocycles. The molecule has 1 aliphatic rings. The van der Waals surface area contributed by atoms with Crippen LogP contribution in [0, 0.1) is 13.8 Å². The molecule has 1 aliphatic heterocycles. The van der Waals surface area contributed by atoms with E-state index in [9.17, 15) is 4.79 Å². The number of thioether (sulfide) groups is 1. The second-order valence-electron chi connectivity index (χ2n) is 7.14. The number of carbonyl (C=O) groups excluding carboxylic acids is 1. The number of nitrogens with zero attached hydrogens (tertiary/aromatic N) is 4. The maximum atomic E-state index is 12.8. The highest BCUT2D eigenvalue weighted by molar-refractivity contribution is 7.99. The minimum Gasteiger partial charge on any atom is -0.341 e. The van der Waals surface area contributed by atoms with E-state index in [1.807, 2.05) is 22.7 Å². The molecule has 4 rings (SSSR count). The second-order valence-corrected chi connectivity index (χ2v) is 9.01. The van der Waals surface area contributed by atoms with Gasteiger partial charge in [0, 0.05) is 43.0 Å². The molecule has 1 fully saturated rings. The number of aromatic nitrogens is 3. The quantitative estimate of drug-likeness (QED) is 0.581. The molecule has 1 amide bonds. The summed E-state index contributed by atoms with van der Waals surface area (Å²) in [6, 6.07) is 6.27. The van der Waals surface area contributed by atoms with Gasteiger partial charge in [-0.15, -0.1) is 11.3 Å². The molecule has 0 aliphatic carbocycles. The molecule has 1 atom stereocenters. The number of benzene rings is 1. The molecule has 0 bridgehead atoms. The SMILES string of the molecule is Cc1cccc(-n2ccnc2SCC(=O)N2CCCC(c3nccs3)C2)c1C. The fraction of sp³-hybridized carbons (Fsp3) is 0.381. The lowest BCUT2D eigenvalue weighted by atomic mass is 9.99. The summed E-state index contributed by atoms with van der Waals surface area (Å²) < 4.78 is 2.08. The van der Waals surface area contributed by atoms with Crippen molar-refractivity contribution in [3.05, 3.63) is 58.3 Å². The summed E-state index contributed by atoms with van der Waals surface area (Å²) in [6.45, 7) is 5.85. The zero-order chi connectivity index (χ0) is 19.5. The van der Waals surface area contributed by atoms with Gasteiger partial charge in [-0.3, -0.25) is 9.36 Å². The fourth-order valence-electron chi connectivity index (χ4n) is 3.64. The molecule has 1 unspecified atom stereocenters. The van der Waals surface area contributed by atoms with E-state index in [0.717, 1.165) is 41.8 Å². The third-order valence-corrected chi connectivity index (χ3v) is 7.23. The summed E-state index contributed by atoms with van der Waals surface area (Å²) in [6.07, 6.45) is 7.77. The van der Waals surface area contributed by atoms with Gasteiger partial charge in [-0.1, -0.05) is 23.9 Å². The van der Waals surface area contributed by atoms with Gasteiger partial charge in [0.25, 0.3) is 0 Å². The Balaban J connectivity index is 1.42. The van der Waals surface area contributed by atoms with E-state index in [4.69, 9.17) is 0 Å². The van der Waals surface area contributed by atoms with Crippen LogP contribution in [0.3, 0.4) is 0 Å². The van der Waals surface area contributed by atoms with Crippen molar-refractivity contribution < 1.29 is 4.79 Å². The topological polar surface area (TPSA) is 51.0 Å². The number of likely N-dealkylation sites (tertiary alicyclic amines) is 1. The van der Waals surface area contributed by atoms with Gasteiger partial charge in [0.05, 0.1) is 16.4 Å². The first kappa shape index (κ1) is 19.2. The van der Waals surface area contributed by atoms with Crippen molar-refractivity contribution in [3.63, 3.8) is 0 Å². The predicted octanol–water partition coefficient (Wildman–Crippen LogP) is 4.44. The Morgan fingerprint density at radius 2 is 2.18 bits per heavy atom. The number of hydrogen-bond acceptors (Lipinski definition) is 5. The standard InChI is InChI=1S/C21H24N4OS2/c1-15-5-3-7-18(16(15)2)25-11-8-23-21(25)28-14-19(26)24-10-4-6-17(13-24)20-22-9-12-27-20/h3,5,7-9,11-12,17H,4,6,10,13-14H2,1-2H3. The largest absolute Gasteiger partial charge is 0.341 e. The minimum absolute atomic E-state index is 0.182. The fourth-order valence-corrected chi connectivity index (χ4v) is 5.27. The van der Waals surface area contributed by atoms with E-state index in [1.54, 1.807) is 17.5 Å². The molecule has 0 radical (unpaired) electrons. The molecule has 0 saturated carbocycles. The van der Waals surface area contributed by atoms with Crippen LogP contribution >= 0.6 is 23.1 Å². The van der Waals surface area contributed by atoms with Gasteiger partial charge in [0.2, 0.25) is 5.91 Å². The number of imidazole rings is 1. The number of amides is 1. The molecule has 5 nitrogen and oxygen atoms in total. The summed E-state index contributed by atoms with van der Waals surface area (Å²) in [5.41, 5.74) is 3.60. The summed E-state index contributed by atoms with van der Waals surface area (Å²) in [5, 5.41) is 4.02. The van der Waals surface area contributed by atoms with Crippen molar-refractivity contribution in [2.24, 2.45) is 0 Å². The molecular weight excluding hydrogens is 388 g/mol. The maximum absolute atomic E-state index is 12.8. The number of hydrogen-bond donors (Lipinski definition) is 0. The summed E-state index contributed by atoms with van der Waals surface area (Å²) in [4.78, 5) is 23.7. The van der Waals surface area contributed by atoms with Gasteiger partial charge in [0.1, 0.15) is 0 Å². The van der Waals surface area contributed by atoms with E-state index >= 15 is 0 Å². The predicted molar refractivity (Wildman–Crippen MR) is 114 cm³/mol. The Morgan fingerprint density at radius 1 is 1.29 bits per heavy atom. The molecule has 3 aromatic rings. The van der Waals surface area contributed by atoms with Gasteiger partial charge in [-0.05, 0) is 43.9 Å². The maximum Gasteiger partial charge on any atom is 0.233 e. The van der Waals surface area contributed by atoms with E-state index in [1.165, 1.54) is 22.9 Å². The van der Waals surface area contributed by atoms with Gasteiger partial charge < -0.3 is 4.90 Å². The summed E-state index contributed by atoms with van der Waals surface area (Å²) in [7, 11) is 0. The summed E-state index contributed by atoms with van der Waals surface area (Å²) >= 11 is 3.20. The first-order valence-corrected chi connectivity index (χ1v) is 11.4. The van der Waals surface area contributed by atoms with Gasteiger partial charge >= 0.3 is 0 Å². The Hall–Kier alpha value is -2.12.